The van der Waals surface area contributed by atoms with E-state index in [0.29, 0.717) is 31.6 Å². The Hall–Kier alpha value is -1.94. The van der Waals surface area contributed by atoms with Crippen LogP contribution in [0.4, 0.5) is 0 Å². The second-order valence-corrected chi connectivity index (χ2v) is 33.4. The van der Waals surface area contributed by atoms with Crippen LogP contribution in [0.25, 0.3) is 0 Å². The quantitative estimate of drug-likeness (QED) is 0.0222. The summed E-state index contributed by atoms with van der Waals surface area (Å²) in [6.07, 6.45) is 55.8. The molecule has 0 aliphatic carbocycles. The van der Waals surface area contributed by atoms with E-state index in [4.69, 9.17) is 37.0 Å². The molecule has 0 aromatic rings. The molecule has 3 N–H and O–H groups in total. The molecule has 0 heterocycles. The van der Waals surface area contributed by atoms with Crippen LogP contribution in [0.3, 0.4) is 0 Å². The number of ether oxygens (including phenoxy) is 4. The Morgan fingerprint density at radius 1 is 0.283 bits per heavy atom. The molecule has 588 valence electrons. The van der Waals surface area contributed by atoms with Gasteiger partial charge in [-0.3, -0.25) is 37.3 Å². The highest BCUT2D eigenvalue weighted by atomic mass is 31.2. The first kappa shape index (κ1) is 97.1. The van der Waals surface area contributed by atoms with Crippen molar-refractivity contribution >= 4 is 39.5 Å². The number of esters is 4. The standard InChI is InChI=1S/C80H156O17P2/c1-9-73(8)59-51-43-38-39-47-55-63-80(85)97-76(67-91-78(83)61-53-45-37-31-34-42-50-58-72(6)7)69-95-99(88,89)93-65-74(81)64-92-98(86,87)94-68-75(96-79(84)62-54-46-36-30-26-22-18-14-16-20-24-28-33-41-49-57-71(4)5)66-90-77(82)60-52-44-35-29-25-21-17-13-11-10-12-15-19-23-27-32-40-48-56-70(2)3/h70-76,81H,9-69H2,1-8H3,(H,86,87)(H,88,89)/t73?,74?,75-,76-/m1/s1. The van der Waals surface area contributed by atoms with Gasteiger partial charge in [0, 0.05) is 25.7 Å². The Morgan fingerprint density at radius 2 is 0.485 bits per heavy atom. The van der Waals surface area contributed by atoms with Crippen molar-refractivity contribution in [2.75, 3.05) is 39.6 Å². The monoisotopic (exact) mass is 1450 g/mol. The number of carbonyl (C=O) groups excluding carboxylic acids is 4. The Kier molecular flexibility index (Phi) is 67.8. The van der Waals surface area contributed by atoms with Gasteiger partial charge < -0.3 is 33.8 Å². The van der Waals surface area contributed by atoms with Crippen molar-refractivity contribution in [3.63, 3.8) is 0 Å². The Labute approximate surface area is 607 Å². The zero-order chi connectivity index (χ0) is 73.1. The van der Waals surface area contributed by atoms with Crippen molar-refractivity contribution in [2.45, 2.75) is 427 Å². The molecule has 0 saturated heterocycles. The zero-order valence-electron chi connectivity index (χ0n) is 65.1. The second-order valence-electron chi connectivity index (χ2n) is 30.5. The Balaban J connectivity index is 5.19. The average Bonchev–Trinajstić information content (AvgIpc) is 2.60. The summed E-state index contributed by atoms with van der Waals surface area (Å²) < 4.78 is 68.6. The molecule has 0 aromatic heterocycles. The number of phosphoric ester groups is 2. The highest BCUT2D eigenvalue weighted by Gasteiger charge is 2.30. The molecule has 0 spiro atoms. The van der Waals surface area contributed by atoms with E-state index in [1.807, 2.05) is 0 Å². The largest absolute Gasteiger partial charge is 0.472 e. The number of carbonyl (C=O) groups is 4. The molecule has 99 heavy (non-hydrogen) atoms. The number of unbranched alkanes of at least 4 members (excludes halogenated alkanes) is 42. The van der Waals surface area contributed by atoms with Crippen molar-refractivity contribution < 1.29 is 80.2 Å². The SMILES string of the molecule is CCC(C)CCCCCCCCC(=O)O[C@H](COC(=O)CCCCCCCCCC(C)C)COP(=O)(O)OCC(O)COP(=O)(O)OC[C@@H](COC(=O)CCCCCCCCCCCCCCCCCCCCC(C)C)OC(=O)CCCCCCCCCCCCCCCCCC(C)C. The van der Waals surface area contributed by atoms with Gasteiger partial charge in [0.25, 0.3) is 0 Å². The maximum Gasteiger partial charge on any atom is 0.472 e. The minimum atomic E-state index is -4.96. The lowest BCUT2D eigenvalue weighted by Crippen LogP contribution is -2.30. The molecule has 0 rings (SSSR count). The summed E-state index contributed by atoms with van der Waals surface area (Å²) in [6.45, 7) is 14.2. The topological polar surface area (TPSA) is 237 Å². The molecule has 0 bridgehead atoms. The molecule has 17 nitrogen and oxygen atoms in total. The maximum atomic E-state index is 13.1. The molecule has 4 unspecified atom stereocenters. The minimum Gasteiger partial charge on any atom is -0.462 e. The van der Waals surface area contributed by atoms with Gasteiger partial charge in [0.15, 0.2) is 12.2 Å². The van der Waals surface area contributed by atoms with E-state index < -0.39 is 97.5 Å². The van der Waals surface area contributed by atoms with Gasteiger partial charge >= 0.3 is 39.5 Å². The van der Waals surface area contributed by atoms with E-state index in [-0.39, 0.29) is 25.7 Å². The van der Waals surface area contributed by atoms with Crippen molar-refractivity contribution in [3.8, 4) is 0 Å². The molecule has 0 fully saturated rings. The summed E-state index contributed by atoms with van der Waals surface area (Å²) in [6, 6.07) is 0. The molecule has 6 atom stereocenters. The van der Waals surface area contributed by atoms with Gasteiger partial charge in [-0.2, -0.15) is 0 Å². The number of hydrogen-bond acceptors (Lipinski definition) is 15. The first-order valence-electron chi connectivity index (χ1n) is 41.2. The summed E-state index contributed by atoms with van der Waals surface area (Å²) in [7, 11) is -9.92. The summed E-state index contributed by atoms with van der Waals surface area (Å²) in [5.41, 5.74) is 0. The molecular formula is C80H156O17P2. The second kappa shape index (κ2) is 69.1. The first-order valence-corrected chi connectivity index (χ1v) is 44.2. The third kappa shape index (κ3) is 72.8. The molecule has 0 aromatic carbocycles. The van der Waals surface area contributed by atoms with Gasteiger partial charge in [-0.15, -0.1) is 0 Å². The summed E-state index contributed by atoms with van der Waals surface area (Å²) in [5.74, 6) is 0.931. The van der Waals surface area contributed by atoms with Crippen LogP contribution in [-0.4, -0.2) is 96.7 Å². The summed E-state index contributed by atoms with van der Waals surface area (Å²) in [4.78, 5) is 72.9. The number of phosphoric acid groups is 2. The van der Waals surface area contributed by atoms with Crippen LogP contribution in [0.2, 0.25) is 0 Å². The van der Waals surface area contributed by atoms with E-state index in [1.54, 1.807) is 0 Å². The lowest BCUT2D eigenvalue weighted by molar-refractivity contribution is -0.161. The smallest absolute Gasteiger partial charge is 0.462 e. The van der Waals surface area contributed by atoms with Crippen LogP contribution in [0, 0.1) is 23.7 Å². The lowest BCUT2D eigenvalue weighted by Gasteiger charge is -2.21. The highest BCUT2D eigenvalue weighted by Crippen LogP contribution is 2.45. The van der Waals surface area contributed by atoms with Crippen LogP contribution >= 0.6 is 15.6 Å². The molecule has 0 aliphatic heterocycles. The van der Waals surface area contributed by atoms with E-state index >= 15 is 0 Å². The minimum absolute atomic E-state index is 0.102. The molecule has 0 radical (unpaired) electrons. The Bertz CT molecular complexity index is 1940. The number of rotatable bonds is 77. The fourth-order valence-electron chi connectivity index (χ4n) is 12.2. The van der Waals surface area contributed by atoms with Gasteiger partial charge in [-0.1, -0.05) is 357 Å². The van der Waals surface area contributed by atoms with Crippen molar-refractivity contribution in [1.82, 2.24) is 0 Å². The van der Waals surface area contributed by atoms with E-state index in [9.17, 15) is 43.2 Å². The fraction of sp³-hybridized carbons (Fsp3) is 0.950. The number of aliphatic hydroxyl groups excluding tert-OH is 1. The van der Waals surface area contributed by atoms with E-state index in [0.717, 1.165) is 114 Å². The molecule has 19 heteroatoms. The number of hydrogen-bond donors (Lipinski definition) is 3. The van der Waals surface area contributed by atoms with Crippen molar-refractivity contribution in [1.29, 1.82) is 0 Å². The summed E-state index contributed by atoms with van der Waals surface area (Å²) in [5, 5.41) is 10.6. The molecule has 0 amide bonds. The molecule has 0 saturated carbocycles. The van der Waals surface area contributed by atoms with Gasteiger partial charge in [-0.05, 0) is 49.4 Å². The van der Waals surface area contributed by atoms with Crippen LogP contribution in [-0.2, 0) is 65.4 Å². The van der Waals surface area contributed by atoms with Crippen LogP contribution in [0.5, 0.6) is 0 Å². The Morgan fingerprint density at radius 3 is 0.717 bits per heavy atom. The summed E-state index contributed by atoms with van der Waals surface area (Å²) >= 11 is 0. The predicted octanol–water partition coefficient (Wildman–Crippen LogP) is 23.6. The lowest BCUT2D eigenvalue weighted by atomic mass is 10.00. The van der Waals surface area contributed by atoms with Gasteiger partial charge in [-0.25, -0.2) is 9.13 Å². The average molecular weight is 1450 g/mol. The first-order chi connectivity index (χ1) is 47.6. The third-order valence-corrected chi connectivity index (χ3v) is 20.8. The van der Waals surface area contributed by atoms with Crippen LogP contribution in [0.15, 0.2) is 0 Å². The number of aliphatic hydroxyl groups is 1. The molecule has 0 aliphatic rings. The van der Waals surface area contributed by atoms with Crippen LogP contribution < -0.4 is 0 Å². The normalized spacial score (nSPS) is 14.3. The zero-order valence-corrected chi connectivity index (χ0v) is 66.9. The van der Waals surface area contributed by atoms with Gasteiger partial charge in [0.2, 0.25) is 0 Å². The van der Waals surface area contributed by atoms with E-state index in [1.165, 1.54) is 205 Å². The fourth-order valence-corrected chi connectivity index (χ4v) is 13.8. The van der Waals surface area contributed by atoms with Crippen LogP contribution in [0.1, 0.15) is 409 Å². The predicted molar refractivity (Wildman–Crippen MR) is 404 cm³/mol. The van der Waals surface area contributed by atoms with E-state index in [2.05, 4.69) is 55.4 Å². The third-order valence-electron chi connectivity index (χ3n) is 18.9. The van der Waals surface area contributed by atoms with Gasteiger partial charge in [0.05, 0.1) is 26.4 Å². The van der Waals surface area contributed by atoms with Gasteiger partial charge in [0.1, 0.15) is 19.3 Å². The molecular weight excluding hydrogens is 1290 g/mol. The van der Waals surface area contributed by atoms with Crippen molar-refractivity contribution in [3.05, 3.63) is 0 Å². The van der Waals surface area contributed by atoms with Crippen molar-refractivity contribution in [2.24, 2.45) is 23.7 Å². The maximum absolute atomic E-state index is 13.1. The highest BCUT2D eigenvalue weighted by molar-refractivity contribution is 7.47.